The Morgan fingerprint density at radius 2 is 1.96 bits per heavy atom. The van der Waals surface area contributed by atoms with Crippen molar-refractivity contribution in [1.82, 2.24) is 4.98 Å². The van der Waals surface area contributed by atoms with E-state index < -0.39 is 6.09 Å². The molecule has 0 aliphatic carbocycles. The van der Waals surface area contributed by atoms with Crippen molar-refractivity contribution >= 4 is 34.6 Å². The molecule has 3 aromatic rings. The summed E-state index contributed by atoms with van der Waals surface area (Å²) in [5.74, 6) is 0.0715. The number of aliphatic imine (C=N–C) groups is 1. The highest BCUT2D eigenvalue weighted by atomic mass is 16.4. The maximum absolute atomic E-state index is 10.6. The van der Waals surface area contributed by atoms with Gasteiger partial charge < -0.3 is 15.2 Å². The smallest absolute Gasteiger partial charge is 0.409 e. The Hall–Kier alpha value is -3.28. The monoisotopic (exact) mass is 309 g/mol. The number of hydrogen-bond donors (Lipinski definition) is 4. The number of aromatic hydroxyl groups is 1. The predicted molar refractivity (Wildman–Crippen MR) is 90.0 cm³/mol. The largest absolute Gasteiger partial charge is 0.494 e. The van der Waals surface area contributed by atoms with E-state index in [1.165, 1.54) is 0 Å². The SMILES string of the molecule is Cc1cccc2[nH]c(O)c(C=Nc3ccc(NC(=O)O)cc3)c12. The number of fused-ring (bicyclic) bond motifs is 1. The van der Waals surface area contributed by atoms with E-state index in [4.69, 9.17) is 5.11 Å². The Kier molecular flexibility index (Phi) is 3.72. The molecule has 6 heteroatoms. The van der Waals surface area contributed by atoms with Crippen LogP contribution in [-0.4, -0.2) is 27.5 Å². The number of rotatable bonds is 3. The molecule has 0 bridgehead atoms. The summed E-state index contributed by atoms with van der Waals surface area (Å²) in [6.45, 7) is 1.97. The van der Waals surface area contributed by atoms with Crippen LogP contribution >= 0.6 is 0 Å². The first-order valence-corrected chi connectivity index (χ1v) is 6.99. The molecule has 3 rings (SSSR count). The van der Waals surface area contributed by atoms with Gasteiger partial charge in [0, 0.05) is 22.8 Å². The predicted octanol–water partition coefficient (Wildman–Crippen LogP) is 4.02. The van der Waals surface area contributed by atoms with Gasteiger partial charge in [0.15, 0.2) is 5.88 Å². The second-order valence-corrected chi connectivity index (χ2v) is 5.12. The minimum atomic E-state index is -1.11. The van der Waals surface area contributed by atoms with Crippen molar-refractivity contribution in [1.29, 1.82) is 0 Å². The van der Waals surface area contributed by atoms with Crippen LogP contribution in [-0.2, 0) is 0 Å². The lowest BCUT2D eigenvalue weighted by molar-refractivity contribution is 0.209. The van der Waals surface area contributed by atoms with Crippen molar-refractivity contribution in [2.24, 2.45) is 4.99 Å². The van der Waals surface area contributed by atoms with Crippen LogP contribution in [0.25, 0.3) is 10.9 Å². The first-order chi connectivity index (χ1) is 11.0. The number of nitrogens with one attached hydrogen (secondary N) is 2. The third-order valence-corrected chi connectivity index (χ3v) is 3.51. The van der Waals surface area contributed by atoms with Crippen LogP contribution in [0.4, 0.5) is 16.2 Å². The number of aromatic amines is 1. The van der Waals surface area contributed by atoms with Gasteiger partial charge in [-0.2, -0.15) is 0 Å². The molecule has 4 N–H and O–H groups in total. The van der Waals surface area contributed by atoms with E-state index in [2.05, 4.69) is 15.3 Å². The number of carbonyl (C=O) groups is 1. The minimum Gasteiger partial charge on any atom is -0.494 e. The van der Waals surface area contributed by atoms with E-state index in [1.54, 1.807) is 30.5 Å². The number of amides is 1. The van der Waals surface area contributed by atoms with E-state index in [1.807, 2.05) is 25.1 Å². The number of carboxylic acid groups (broad SMARTS) is 1. The Morgan fingerprint density at radius 1 is 1.22 bits per heavy atom. The Balaban J connectivity index is 1.91. The standard InChI is InChI=1S/C17H15N3O3/c1-10-3-2-4-14-15(10)13(16(21)20-14)9-18-11-5-7-12(8-6-11)19-17(22)23/h2-9,19-21H,1H3,(H,22,23). The van der Waals surface area contributed by atoms with Gasteiger partial charge in [-0.1, -0.05) is 12.1 Å². The van der Waals surface area contributed by atoms with Crippen LogP contribution in [0, 0.1) is 6.92 Å². The van der Waals surface area contributed by atoms with E-state index >= 15 is 0 Å². The summed E-state index contributed by atoms with van der Waals surface area (Å²) < 4.78 is 0. The van der Waals surface area contributed by atoms with Gasteiger partial charge in [0.25, 0.3) is 0 Å². The molecule has 0 saturated heterocycles. The number of hydrogen-bond acceptors (Lipinski definition) is 3. The van der Waals surface area contributed by atoms with Crippen LogP contribution in [0.2, 0.25) is 0 Å². The lowest BCUT2D eigenvalue weighted by Gasteiger charge is -2.00. The molecule has 1 heterocycles. The zero-order valence-corrected chi connectivity index (χ0v) is 12.4. The summed E-state index contributed by atoms with van der Waals surface area (Å²) in [7, 11) is 0. The Labute approximate surface area is 132 Å². The van der Waals surface area contributed by atoms with Crippen molar-refractivity contribution in [3.05, 3.63) is 53.6 Å². The Bertz CT molecular complexity index is 895. The summed E-state index contributed by atoms with van der Waals surface area (Å²) in [5, 5.41) is 21.9. The van der Waals surface area contributed by atoms with E-state index in [9.17, 15) is 9.90 Å². The molecule has 116 valence electrons. The number of nitrogens with zero attached hydrogens (tertiary/aromatic N) is 1. The average molecular weight is 309 g/mol. The molecule has 1 aromatic heterocycles. The van der Waals surface area contributed by atoms with Gasteiger partial charge >= 0.3 is 6.09 Å². The summed E-state index contributed by atoms with van der Waals surface area (Å²) in [6, 6.07) is 12.4. The van der Waals surface area contributed by atoms with Crippen molar-refractivity contribution in [2.45, 2.75) is 6.92 Å². The average Bonchev–Trinajstić information content (AvgIpc) is 2.83. The summed E-state index contributed by atoms with van der Waals surface area (Å²) in [4.78, 5) is 17.8. The van der Waals surface area contributed by atoms with Crippen LogP contribution in [0.5, 0.6) is 5.88 Å². The molecule has 0 saturated carbocycles. The molecule has 0 atom stereocenters. The molecule has 0 aliphatic heterocycles. The van der Waals surface area contributed by atoms with Gasteiger partial charge in [-0.15, -0.1) is 0 Å². The van der Waals surface area contributed by atoms with Gasteiger partial charge in [0.1, 0.15) is 0 Å². The molecule has 1 amide bonds. The number of H-pyrrole nitrogens is 1. The minimum absolute atomic E-state index is 0.0715. The fourth-order valence-corrected chi connectivity index (χ4v) is 2.46. The number of aryl methyl sites for hydroxylation is 1. The number of anilines is 1. The normalized spacial score (nSPS) is 11.2. The van der Waals surface area contributed by atoms with Crippen molar-refractivity contribution < 1.29 is 15.0 Å². The molecular weight excluding hydrogens is 294 g/mol. The van der Waals surface area contributed by atoms with Gasteiger partial charge in [-0.25, -0.2) is 4.79 Å². The van der Waals surface area contributed by atoms with Crippen molar-refractivity contribution in [3.8, 4) is 5.88 Å². The lowest BCUT2D eigenvalue weighted by Crippen LogP contribution is -2.06. The second kappa shape index (κ2) is 5.84. The maximum atomic E-state index is 10.6. The topological polar surface area (TPSA) is 97.7 Å². The molecule has 0 unspecified atom stereocenters. The molecule has 0 spiro atoms. The van der Waals surface area contributed by atoms with Gasteiger partial charge in [0.05, 0.1) is 11.3 Å². The fourth-order valence-electron chi connectivity index (χ4n) is 2.46. The van der Waals surface area contributed by atoms with E-state index in [-0.39, 0.29) is 5.88 Å². The number of benzene rings is 2. The Morgan fingerprint density at radius 3 is 2.65 bits per heavy atom. The first-order valence-electron chi connectivity index (χ1n) is 6.99. The molecule has 0 radical (unpaired) electrons. The molecular formula is C17H15N3O3. The van der Waals surface area contributed by atoms with Gasteiger partial charge in [-0.3, -0.25) is 10.3 Å². The molecule has 6 nitrogen and oxygen atoms in total. The van der Waals surface area contributed by atoms with E-state index in [0.29, 0.717) is 16.9 Å². The van der Waals surface area contributed by atoms with Crippen LogP contribution in [0.1, 0.15) is 11.1 Å². The third-order valence-electron chi connectivity index (χ3n) is 3.51. The number of aromatic nitrogens is 1. The molecule has 0 aliphatic rings. The summed E-state index contributed by atoms with van der Waals surface area (Å²) in [5.41, 5.74) is 3.66. The second-order valence-electron chi connectivity index (χ2n) is 5.12. The zero-order valence-electron chi connectivity index (χ0n) is 12.4. The summed E-state index contributed by atoms with van der Waals surface area (Å²) in [6.07, 6.45) is 0.487. The highest BCUT2D eigenvalue weighted by molar-refractivity contribution is 6.04. The van der Waals surface area contributed by atoms with Crippen molar-refractivity contribution in [2.75, 3.05) is 5.32 Å². The van der Waals surface area contributed by atoms with Gasteiger partial charge in [0.2, 0.25) is 0 Å². The van der Waals surface area contributed by atoms with E-state index in [0.717, 1.165) is 16.5 Å². The quantitative estimate of drug-likeness (QED) is 0.550. The van der Waals surface area contributed by atoms with Crippen LogP contribution < -0.4 is 5.32 Å². The molecule has 2 aromatic carbocycles. The molecule has 0 fully saturated rings. The molecule has 23 heavy (non-hydrogen) atoms. The van der Waals surface area contributed by atoms with Crippen molar-refractivity contribution in [3.63, 3.8) is 0 Å². The highest BCUT2D eigenvalue weighted by Crippen LogP contribution is 2.29. The first kappa shape index (κ1) is 14.6. The third kappa shape index (κ3) is 3.01. The lowest BCUT2D eigenvalue weighted by atomic mass is 10.1. The van der Waals surface area contributed by atoms with Gasteiger partial charge in [-0.05, 0) is 42.8 Å². The maximum Gasteiger partial charge on any atom is 0.409 e. The fraction of sp³-hybridized carbons (Fsp3) is 0.0588. The van der Waals surface area contributed by atoms with Crippen LogP contribution in [0.15, 0.2) is 47.5 Å². The zero-order chi connectivity index (χ0) is 16.4. The highest BCUT2D eigenvalue weighted by Gasteiger charge is 2.10. The summed E-state index contributed by atoms with van der Waals surface area (Å²) >= 11 is 0. The van der Waals surface area contributed by atoms with Crippen LogP contribution in [0.3, 0.4) is 0 Å².